The van der Waals surface area contributed by atoms with Crippen molar-refractivity contribution in [2.24, 2.45) is 10.9 Å². The van der Waals surface area contributed by atoms with E-state index in [1.54, 1.807) is 6.20 Å². The van der Waals surface area contributed by atoms with Crippen molar-refractivity contribution in [3.63, 3.8) is 0 Å². The molecule has 0 saturated carbocycles. The molecule has 0 saturated heterocycles. The molecule has 70 valence electrons. The van der Waals surface area contributed by atoms with E-state index in [-0.39, 0.29) is 0 Å². The minimum absolute atomic E-state index is 0.442. The quantitative estimate of drug-likeness (QED) is 0.635. The largest absolute Gasteiger partial charge is 0.256 e. The van der Waals surface area contributed by atoms with E-state index < -0.39 is 0 Å². The van der Waals surface area contributed by atoms with Gasteiger partial charge in [-0.05, 0) is 29.5 Å². The van der Waals surface area contributed by atoms with Crippen LogP contribution in [0.3, 0.4) is 0 Å². The van der Waals surface area contributed by atoms with Crippen LogP contribution in [-0.2, 0) is 0 Å². The fraction of sp³-hybridized carbons (Fsp3) is 0.250. The summed E-state index contributed by atoms with van der Waals surface area (Å²) < 4.78 is 0. The first kappa shape index (κ1) is 8.92. The number of aliphatic imine (C=N–C) groups is 1. The summed E-state index contributed by atoms with van der Waals surface area (Å²) in [5.74, 6) is 3.34. The molecule has 0 bridgehead atoms. The monoisotopic (exact) mass is 184 g/mol. The first-order valence-corrected chi connectivity index (χ1v) is 4.73. The Morgan fingerprint density at radius 3 is 3.00 bits per heavy atom. The summed E-state index contributed by atoms with van der Waals surface area (Å²) in [6.07, 6.45) is 5.53. The molecule has 2 heteroatoms. The molecule has 0 N–H and O–H groups in total. The zero-order valence-corrected chi connectivity index (χ0v) is 8.36. The number of fused-ring (bicyclic) bond motifs is 1. The molecule has 0 atom stereocenters. The van der Waals surface area contributed by atoms with E-state index in [9.17, 15) is 0 Å². The van der Waals surface area contributed by atoms with Gasteiger partial charge in [0.15, 0.2) is 0 Å². The second kappa shape index (κ2) is 3.60. The van der Waals surface area contributed by atoms with Crippen LogP contribution in [0.25, 0.3) is 11.8 Å². The zero-order chi connectivity index (χ0) is 9.97. The molecule has 2 heterocycles. The second-order valence-corrected chi connectivity index (χ2v) is 3.58. The Kier molecular flexibility index (Phi) is 2.30. The maximum absolute atomic E-state index is 4.38. The highest BCUT2D eigenvalue weighted by atomic mass is 14.7. The van der Waals surface area contributed by atoms with Crippen molar-refractivity contribution in [2.45, 2.75) is 13.8 Å². The van der Waals surface area contributed by atoms with Crippen molar-refractivity contribution in [3.05, 3.63) is 35.0 Å². The molecule has 2 nitrogen and oxygen atoms in total. The van der Waals surface area contributed by atoms with E-state index in [2.05, 4.69) is 29.7 Å². The molecule has 1 aliphatic heterocycles. The maximum atomic E-state index is 4.38. The van der Waals surface area contributed by atoms with Crippen LogP contribution in [0.1, 0.15) is 13.8 Å². The van der Waals surface area contributed by atoms with E-state index in [1.807, 2.05) is 24.4 Å². The van der Waals surface area contributed by atoms with Gasteiger partial charge < -0.3 is 0 Å². The van der Waals surface area contributed by atoms with Crippen molar-refractivity contribution in [1.29, 1.82) is 0 Å². The maximum Gasteiger partial charge on any atom is 0.0759 e. The second-order valence-electron chi connectivity index (χ2n) is 3.58. The average molecular weight is 184 g/mol. The van der Waals surface area contributed by atoms with Crippen LogP contribution in [0.4, 0.5) is 0 Å². The lowest BCUT2D eigenvalue weighted by molar-refractivity contribution is 0.850. The number of rotatable bonds is 1. The lowest BCUT2D eigenvalue weighted by atomic mass is 10.0. The van der Waals surface area contributed by atoms with Gasteiger partial charge in [0.1, 0.15) is 0 Å². The van der Waals surface area contributed by atoms with E-state index in [0.717, 1.165) is 10.6 Å². The molecule has 14 heavy (non-hydrogen) atoms. The first-order valence-electron chi connectivity index (χ1n) is 4.73. The SMILES string of the molecule is CC(C)C1=c2ncccc2=CN=C=C1. The fourth-order valence-corrected chi connectivity index (χ4v) is 1.49. The number of hydrogen-bond acceptors (Lipinski definition) is 2. The highest BCUT2D eigenvalue weighted by Crippen LogP contribution is 2.08. The van der Waals surface area contributed by atoms with Gasteiger partial charge in [-0.15, -0.1) is 0 Å². The number of aromatic nitrogens is 1. The molecule has 0 aliphatic carbocycles. The summed E-state index contributed by atoms with van der Waals surface area (Å²) in [5.41, 5.74) is 1.19. The molecular weight excluding hydrogens is 172 g/mol. The van der Waals surface area contributed by atoms with Crippen LogP contribution in [0.15, 0.2) is 29.4 Å². The Labute approximate surface area is 83.0 Å². The summed E-state index contributed by atoms with van der Waals surface area (Å²) in [7, 11) is 0. The van der Waals surface area contributed by atoms with Gasteiger partial charge in [-0.25, -0.2) is 4.99 Å². The molecule has 0 aromatic carbocycles. The topological polar surface area (TPSA) is 25.2 Å². The van der Waals surface area contributed by atoms with Crippen molar-refractivity contribution >= 4 is 17.6 Å². The Balaban J connectivity index is 2.88. The summed E-state index contributed by atoms with van der Waals surface area (Å²) in [6.45, 7) is 4.30. The van der Waals surface area contributed by atoms with Gasteiger partial charge in [0, 0.05) is 23.7 Å². The molecule has 0 radical (unpaired) electrons. The number of allylic oxidation sites excluding steroid dienone is 1. The lowest BCUT2D eigenvalue weighted by Gasteiger charge is -2.03. The molecule has 1 aromatic rings. The number of hydrogen-bond donors (Lipinski definition) is 0. The molecule has 0 unspecified atom stereocenters. The van der Waals surface area contributed by atoms with Crippen LogP contribution in [0.5, 0.6) is 0 Å². The Morgan fingerprint density at radius 1 is 1.36 bits per heavy atom. The lowest BCUT2D eigenvalue weighted by Crippen LogP contribution is -2.30. The minimum atomic E-state index is 0.442. The predicted octanol–water partition coefficient (Wildman–Crippen LogP) is 0.866. The third-order valence-electron chi connectivity index (χ3n) is 2.23. The molecule has 2 rings (SSSR count). The summed E-state index contributed by atoms with van der Waals surface area (Å²) in [6, 6.07) is 3.95. The van der Waals surface area contributed by atoms with Gasteiger partial charge >= 0.3 is 0 Å². The van der Waals surface area contributed by atoms with Crippen LogP contribution in [0, 0.1) is 5.92 Å². The Hall–Kier alpha value is -1.66. The van der Waals surface area contributed by atoms with Crippen LogP contribution < -0.4 is 10.6 Å². The van der Waals surface area contributed by atoms with Crippen molar-refractivity contribution in [1.82, 2.24) is 4.98 Å². The van der Waals surface area contributed by atoms with Gasteiger partial charge in [0.05, 0.1) is 5.35 Å². The molecule has 1 aliphatic rings. The van der Waals surface area contributed by atoms with Gasteiger partial charge in [0.25, 0.3) is 0 Å². The smallest absolute Gasteiger partial charge is 0.0759 e. The van der Waals surface area contributed by atoms with Crippen LogP contribution >= 0.6 is 0 Å². The van der Waals surface area contributed by atoms with Crippen molar-refractivity contribution < 1.29 is 0 Å². The van der Waals surface area contributed by atoms with Gasteiger partial charge in [-0.3, -0.25) is 4.98 Å². The normalized spacial score (nSPS) is 13.8. The van der Waals surface area contributed by atoms with E-state index in [1.165, 1.54) is 5.57 Å². The highest BCUT2D eigenvalue weighted by Gasteiger charge is 2.03. The highest BCUT2D eigenvalue weighted by molar-refractivity contribution is 5.75. The summed E-state index contributed by atoms with van der Waals surface area (Å²) in [5, 5.41) is 2.09. The van der Waals surface area contributed by atoms with E-state index in [0.29, 0.717) is 5.92 Å². The van der Waals surface area contributed by atoms with Crippen LogP contribution in [0.2, 0.25) is 0 Å². The number of pyridine rings is 1. The van der Waals surface area contributed by atoms with Crippen molar-refractivity contribution in [3.8, 4) is 0 Å². The van der Waals surface area contributed by atoms with Gasteiger partial charge in [-0.1, -0.05) is 13.8 Å². The first-order chi connectivity index (χ1) is 6.79. The van der Waals surface area contributed by atoms with Crippen molar-refractivity contribution in [2.75, 3.05) is 0 Å². The molecular formula is C12H12N2. The average Bonchev–Trinajstić information content (AvgIpc) is 2.39. The Morgan fingerprint density at radius 2 is 2.21 bits per heavy atom. The molecule has 0 fully saturated rings. The minimum Gasteiger partial charge on any atom is -0.256 e. The molecule has 0 amide bonds. The number of nitrogens with zero attached hydrogens (tertiary/aromatic N) is 2. The standard InChI is InChI=1S/C12H12N2/c1-9(2)11-5-7-13-8-10-4-3-6-14-12(10)11/h3-6,8-9H,1-2H3. The third-order valence-corrected chi connectivity index (χ3v) is 2.23. The summed E-state index contributed by atoms with van der Waals surface area (Å²) >= 11 is 0. The van der Waals surface area contributed by atoms with Gasteiger partial charge in [-0.2, -0.15) is 0 Å². The van der Waals surface area contributed by atoms with E-state index >= 15 is 0 Å². The predicted molar refractivity (Wildman–Crippen MR) is 58.2 cm³/mol. The third kappa shape index (κ3) is 1.52. The van der Waals surface area contributed by atoms with E-state index in [4.69, 9.17) is 0 Å². The molecule has 1 aromatic heterocycles. The zero-order valence-electron chi connectivity index (χ0n) is 8.36. The fourth-order valence-electron chi connectivity index (χ4n) is 1.49. The molecule has 0 spiro atoms. The Bertz CT molecular complexity index is 517. The van der Waals surface area contributed by atoms with Crippen LogP contribution in [-0.4, -0.2) is 10.9 Å². The summed E-state index contributed by atoms with van der Waals surface area (Å²) in [4.78, 5) is 8.44. The van der Waals surface area contributed by atoms with Gasteiger partial charge in [0.2, 0.25) is 0 Å².